The minimum atomic E-state index is -0.651. The van der Waals surface area contributed by atoms with Crippen molar-refractivity contribution in [1.29, 1.82) is 0 Å². The van der Waals surface area contributed by atoms with Crippen LogP contribution in [0.4, 0.5) is 0 Å². The average molecular weight is 383 g/mol. The number of carboxylic acid groups (broad SMARTS) is 1. The number of aliphatic carboxylic acids is 1. The summed E-state index contributed by atoms with van der Waals surface area (Å²) in [6.45, 7) is 4.74. The minimum Gasteiger partial charge on any atom is -0.481 e. The zero-order valence-corrected chi connectivity index (χ0v) is 18.8. The molecule has 0 aliphatic rings. The molecule has 1 N–H and O–H groups in total. The van der Waals surface area contributed by atoms with Crippen molar-refractivity contribution in [2.24, 2.45) is 5.92 Å². The van der Waals surface area contributed by atoms with E-state index < -0.39 is 5.97 Å². The third-order valence-corrected chi connectivity index (χ3v) is 5.89. The van der Waals surface area contributed by atoms with E-state index in [1.54, 1.807) is 0 Å². The third kappa shape index (κ3) is 23.4. The van der Waals surface area contributed by atoms with Gasteiger partial charge in [-0.2, -0.15) is 0 Å². The van der Waals surface area contributed by atoms with Crippen molar-refractivity contribution in [2.45, 2.75) is 149 Å². The van der Waals surface area contributed by atoms with Gasteiger partial charge >= 0.3 is 5.97 Å². The lowest BCUT2D eigenvalue weighted by molar-refractivity contribution is -0.137. The molecule has 0 heterocycles. The molecular weight excluding hydrogens is 332 g/mol. The summed E-state index contributed by atoms with van der Waals surface area (Å²) in [5.41, 5.74) is 0. The van der Waals surface area contributed by atoms with E-state index in [-0.39, 0.29) is 0 Å². The summed E-state index contributed by atoms with van der Waals surface area (Å²) in [6, 6.07) is 0. The molecule has 2 nitrogen and oxygen atoms in total. The maximum Gasteiger partial charge on any atom is 0.303 e. The second-order valence-electron chi connectivity index (χ2n) is 8.84. The molecule has 0 saturated heterocycles. The molecule has 0 radical (unpaired) electrons. The van der Waals surface area contributed by atoms with E-state index in [2.05, 4.69) is 13.8 Å². The van der Waals surface area contributed by atoms with Crippen LogP contribution in [0.25, 0.3) is 0 Å². The molecule has 0 rings (SSSR count). The molecule has 0 spiro atoms. The molecule has 27 heavy (non-hydrogen) atoms. The average Bonchev–Trinajstić information content (AvgIpc) is 2.64. The Labute approximate surface area is 170 Å². The lowest BCUT2D eigenvalue weighted by Crippen LogP contribution is -1.95. The van der Waals surface area contributed by atoms with Gasteiger partial charge in [-0.25, -0.2) is 0 Å². The molecule has 2 heteroatoms. The van der Waals surface area contributed by atoms with E-state index in [9.17, 15) is 4.79 Å². The highest BCUT2D eigenvalue weighted by Gasteiger charge is 2.02. The van der Waals surface area contributed by atoms with Crippen LogP contribution in [0, 0.1) is 5.92 Å². The second kappa shape index (κ2) is 21.8. The van der Waals surface area contributed by atoms with Gasteiger partial charge in [0.25, 0.3) is 0 Å². The van der Waals surface area contributed by atoms with Crippen molar-refractivity contribution in [1.82, 2.24) is 0 Å². The molecule has 0 bridgehead atoms. The SMILES string of the molecule is CCCCCCCC(C)CCCCCCCCCCCCCCCC(=O)O. The van der Waals surface area contributed by atoms with Crippen molar-refractivity contribution in [2.75, 3.05) is 0 Å². The highest BCUT2D eigenvalue weighted by Crippen LogP contribution is 2.18. The van der Waals surface area contributed by atoms with Gasteiger partial charge in [0.05, 0.1) is 0 Å². The van der Waals surface area contributed by atoms with Crippen molar-refractivity contribution < 1.29 is 9.90 Å². The van der Waals surface area contributed by atoms with Crippen molar-refractivity contribution in [3.05, 3.63) is 0 Å². The molecule has 1 unspecified atom stereocenters. The standard InChI is InChI=1S/C25H50O2/c1-3-4-5-15-18-21-24(2)22-19-16-13-11-9-7-6-8-10-12-14-17-20-23-25(26)27/h24H,3-23H2,1-2H3,(H,26,27). The predicted molar refractivity (Wildman–Crippen MR) is 119 cm³/mol. The van der Waals surface area contributed by atoms with Crippen LogP contribution in [0.15, 0.2) is 0 Å². The minimum absolute atomic E-state index is 0.345. The van der Waals surface area contributed by atoms with Crippen molar-refractivity contribution in [3.8, 4) is 0 Å². The summed E-state index contributed by atoms with van der Waals surface area (Å²) in [7, 11) is 0. The van der Waals surface area contributed by atoms with Gasteiger partial charge in [-0.05, 0) is 12.3 Å². The number of carboxylic acids is 1. The van der Waals surface area contributed by atoms with E-state index in [0.717, 1.165) is 18.8 Å². The third-order valence-electron chi connectivity index (χ3n) is 5.89. The number of unbranched alkanes of at least 4 members (excludes halogenated alkanes) is 16. The Morgan fingerprint density at radius 1 is 0.593 bits per heavy atom. The molecule has 0 fully saturated rings. The van der Waals surface area contributed by atoms with Gasteiger partial charge in [-0.15, -0.1) is 0 Å². The molecule has 1 atom stereocenters. The predicted octanol–water partition coefficient (Wildman–Crippen LogP) is 8.92. The van der Waals surface area contributed by atoms with Crippen LogP contribution in [-0.2, 0) is 4.79 Å². The molecule has 0 aliphatic carbocycles. The first-order valence-electron chi connectivity index (χ1n) is 12.4. The Bertz CT molecular complexity index is 301. The first-order chi connectivity index (χ1) is 13.2. The van der Waals surface area contributed by atoms with E-state index in [1.807, 2.05) is 0 Å². The summed E-state index contributed by atoms with van der Waals surface area (Å²) >= 11 is 0. The van der Waals surface area contributed by atoms with E-state index in [1.165, 1.54) is 116 Å². The van der Waals surface area contributed by atoms with Crippen LogP contribution in [-0.4, -0.2) is 11.1 Å². The summed E-state index contributed by atoms with van der Waals surface area (Å²) in [5.74, 6) is 0.290. The van der Waals surface area contributed by atoms with E-state index in [4.69, 9.17) is 5.11 Å². The maximum atomic E-state index is 10.4. The molecule has 0 aliphatic heterocycles. The van der Waals surface area contributed by atoms with Crippen LogP contribution in [0.2, 0.25) is 0 Å². The normalized spacial score (nSPS) is 12.4. The molecule has 0 saturated carbocycles. The fourth-order valence-electron chi connectivity index (χ4n) is 3.95. The summed E-state index contributed by atoms with van der Waals surface area (Å²) in [5, 5.41) is 8.58. The van der Waals surface area contributed by atoms with Gasteiger partial charge in [-0.1, -0.05) is 136 Å². The number of carbonyl (C=O) groups is 1. The molecule has 0 aromatic rings. The summed E-state index contributed by atoms with van der Waals surface area (Å²) < 4.78 is 0. The van der Waals surface area contributed by atoms with Crippen molar-refractivity contribution >= 4 is 5.97 Å². The fourth-order valence-corrected chi connectivity index (χ4v) is 3.95. The lowest BCUT2D eigenvalue weighted by atomic mass is 9.96. The quantitative estimate of drug-likeness (QED) is 0.190. The Morgan fingerprint density at radius 3 is 1.30 bits per heavy atom. The zero-order valence-electron chi connectivity index (χ0n) is 18.8. The smallest absolute Gasteiger partial charge is 0.303 e. The lowest BCUT2D eigenvalue weighted by Gasteiger charge is -2.11. The zero-order chi connectivity index (χ0) is 20.0. The number of hydrogen-bond donors (Lipinski definition) is 1. The largest absolute Gasteiger partial charge is 0.481 e. The van der Waals surface area contributed by atoms with Crippen LogP contribution in [0.5, 0.6) is 0 Å². The molecule has 0 aromatic heterocycles. The Balaban J connectivity index is 3.11. The van der Waals surface area contributed by atoms with Gasteiger partial charge in [0.15, 0.2) is 0 Å². The first-order valence-corrected chi connectivity index (χ1v) is 12.4. The van der Waals surface area contributed by atoms with Crippen LogP contribution >= 0.6 is 0 Å². The van der Waals surface area contributed by atoms with E-state index >= 15 is 0 Å². The van der Waals surface area contributed by atoms with Crippen LogP contribution in [0.3, 0.4) is 0 Å². The monoisotopic (exact) mass is 382 g/mol. The Morgan fingerprint density at radius 2 is 0.926 bits per heavy atom. The van der Waals surface area contributed by atoms with Crippen molar-refractivity contribution in [3.63, 3.8) is 0 Å². The first kappa shape index (κ1) is 26.5. The molecule has 0 amide bonds. The van der Waals surface area contributed by atoms with Gasteiger partial charge in [0.1, 0.15) is 0 Å². The Hall–Kier alpha value is -0.530. The summed E-state index contributed by atoms with van der Waals surface area (Å²) in [6.07, 6.45) is 27.5. The second-order valence-corrected chi connectivity index (χ2v) is 8.84. The number of rotatable bonds is 22. The number of hydrogen-bond acceptors (Lipinski definition) is 1. The van der Waals surface area contributed by atoms with Gasteiger partial charge in [0.2, 0.25) is 0 Å². The molecule has 0 aromatic carbocycles. The summed E-state index contributed by atoms with van der Waals surface area (Å²) in [4.78, 5) is 10.4. The van der Waals surface area contributed by atoms with Gasteiger partial charge in [0, 0.05) is 6.42 Å². The molecular formula is C25H50O2. The van der Waals surface area contributed by atoms with E-state index in [0.29, 0.717) is 6.42 Å². The maximum absolute atomic E-state index is 10.4. The highest BCUT2D eigenvalue weighted by molar-refractivity contribution is 5.66. The highest BCUT2D eigenvalue weighted by atomic mass is 16.4. The van der Waals surface area contributed by atoms with Crippen LogP contribution in [0.1, 0.15) is 149 Å². The molecule has 162 valence electrons. The van der Waals surface area contributed by atoms with Crippen LogP contribution < -0.4 is 0 Å². The topological polar surface area (TPSA) is 37.3 Å². The van der Waals surface area contributed by atoms with Gasteiger partial charge in [-0.3, -0.25) is 4.79 Å². The Kier molecular flexibility index (Phi) is 21.3. The fraction of sp³-hybridized carbons (Fsp3) is 0.960. The van der Waals surface area contributed by atoms with Gasteiger partial charge < -0.3 is 5.11 Å².